The van der Waals surface area contributed by atoms with Crippen LogP contribution in [0, 0.1) is 17.8 Å². The van der Waals surface area contributed by atoms with E-state index in [0.29, 0.717) is 12.0 Å². The molecule has 0 aromatic rings. The van der Waals surface area contributed by atoms with Crippen LogP contribution in [0.25, 0.3) is 0 Å². The first-order chi connectivity index (χ1) is 8.02. The van der Waals surface area contributed by atoms with Gasteiger partial charge >= 0.3 is 0 Å². The van der Waals surface area contributed by atoms with Crippen LogP contribution in [0.1, 0.15) is 34.1 Å². The number of β-amino-alcohol motifs (C(OH)–C–C–N with tert-alkyl or cyclic N) is 1. The number of nitrogens with zero attached hydrogens (tertiary/aromatic N) is 1. The Hall–Kier alpha value is -0.120. The first kappa shape index (κ1) is 14.9. The second-order valence-corrected chi connectivity index (χ2v) is 6.22. The molecule has 1 fully saturated rings. The zero-order chi connectivity index (χ0) is 12.8. The highest BCUT2D eigenvalue weighted by atomic mass is 16.3. The predicted molar refractivity (Wildman–Crippen MR) is 73.1 cm³/mol. The lowest BCUT2D eigenvalue weighted by Gasteiger charge is -2.40. The number of aliphatic hydroxyl groups is 1. The molecule has 0 radical (unpaired) electrons. The second-order valence-electron chi connectivity index (χ2n) is 6.22. The first-order valence-corrected chi connectivity index (χ1v) is 7.09. The molecule has 0 aromatic heterocycles. The molecule has 0 aliphatic carbocycles. The third-order valence-electron chi connectivity index (χ3n) is 3.73. The lowest BCUT2D eigenvalue weighted by atomic mass is 9.85. The number of nitrogens with one attached hydrogen (secondary N) is 1. The molecule has 102 valence electrons. The van der Waals surface area contributed by atoms with Crippen molar-refractivity contribution in [1.82, 2.24) is 10.2 Å². The second kappa shape index (κ2) is 7.34. The Morgan fingerprint density at radius 1 is 1.24 bits per heavy atom. The minimum Gasteiger partial charge on any atom is -0.395 e. The number of hydrogen-bond acceptors (Lipinski definition) is 3. The molecule has 1 heterocycles. The molecule has 1 saturated heterocycles. The van der Waals surface area contributed by atoms with E-state index in [1.54, 1.807) is 0 Å². The Morgan fingerprint density at radius 3 is 2.47 bits per heavy atom. The summed E-state index contributed by atoms with van der Waals surface area (Å²) in [6.07, 6.45) is 1.28. The Labute approximate surface area is 107 Å². The van der Waals surface area contributed by atoms with Crippen molar-refractivity contribution in [2.24, 2.45) is 17.8 Å². The summed E-state index contributed by atoms with van der Waals surface area (Å²) in [5, 5.41) is 12.8. The van der Waals surface area contributed by atoms with Gasteiger partial charge in [-0.2, -0.15) is 0 Å². The van der Waals surface area contributed by atoms with E-state index in [1.807, 2.05) is 0 Å². The highest BCUT2D eigenvalue weighted by Gasteiger charge is 2.28. The SMILES string of the molecule is CC(C)CNC1CC(C(C)C)CN(CCO)C1. The van der Waals surface area contributed by atoms with Gasteiger partial charge in [0.25, 0.3) is 0 Å². The summed E-state index contributed by atoms with van der Waals surface area (Å²) in [7, 11) is 0. The Balaban J connectivity index is 2.46. The van der Waals surface area contributed by atoms with Crippen molar-refractivity contribution >= 4 is 0 Å². The summed E-state index contributed by atoms with van der Waals surface area (Å²) >= 11 is 0. The smallest absolute Gasteiger partial charge is 0.0558 e. The minimum atomic E-state index is 0.279. The van der Waals surface area contributed by atoms with Crippen LogP contribution in [-0.4, -0.2) is 48.8 Å². The molecule has 1 aliphatic rings. The van der Waals surface area contributed by atoms with Gasteiger partial charge in [0, 0.05) is 25.7 Å². The average Bonchev–Trinajstić information content (AvgIpc) is 2.26. The Morgan fingerprint density at radius 2 is 1.94 bits per heavy atom. The number of hydrogen-bond donors (Lipinski definition) is 2. The van der Waals surface area contributed by atoms with Crippen molar-refractivity contribution in [3.05, 3.63) is 0 Å². The van der Waals surface area contributed by atoms with Crippen molar-refractivity contribution in [1.29, 1.82) is 0 Å². The van der Waals surface area contributed by atoms with Crippen molar-refractivity contribution in [3.63, 3.8) is 0 Å². The molecule has 2 N–H and O–H groups in total. The minimum absolute atomic E-state index is 0.279. The van der Waals surface area contributed by atoms with E-state index in [0.717, 1.165) is 38.0 Å². The van der Waals surface area contributed by atoms with E-state index >= 15 is 0 Å². The normalized spacial score (nSPS) is 27.0. The van der Waals surface area contributed by atoms with Crippen LogP contribution in [0.15, 0.2) is 0 Å². The lowest BCUT2D eigenvalue weighted by molar-refractivity contribution is 0.0957. The van der Waals surface area contributed by atoms with Crippen LogP contribution in [0.2, 0.25) is 0 Å². The highest BCUT2D eigenvalue weighted by Crippen LogP contribution is 2.23. The van der Waals surface area contributed by atoms with Crippen LogP contribution in [0.5, 0.6) is 0 Å². The fraction of sp³-hybridized carbons (Fsp3) is 1.00. The Bertz CT molecular complexity index is 206. The van der Waals surface area contributed by atoms with Gasteiger partial charge in [0.1, 0.15) is 0 Å². The van der Waals surface area contributed by atoms with Gasteiger partial charge in [0.05, 0.1) is 6.61 Å². The molecule has 3 nitrogen and oxygen atoms in total. The van der Waals surface area contributed by atoms with Crippen LogP contribution < -0.4 is 5.32 Å². The Kier molecular flexibility index (Phi) is 6.45. The molecular weight excluding hydrogens is 212 g/mol. The quantitative estimate of drug-likeness (QED) is 0.742. The largest absolute Gasteiger partial charge is 0.395 e. The van der Waals surface area contributed by atoms with Gasteiger partial charge in [-0.1, -0.05) is 27.7 Å². The van der Waals surface area contributed by atoms with E-state index < -0.39 is 0 Å². The topological polar surface area (TPSA) is 35.5 Å². The molecule has 0 spiro atoms. The molecule has 17 heavy (non-hydrogen) atoms. The van der Waals surface area contributed by atoms with Gasteiger partial charge in [-0.15, -0.1) is 0 Å². The summed E-state index contributed by atoms with van der Waals surface area (Å²) in [5.74, 6) is 2.21. The van der Waals surface area contributed by atoms with Gasteiger partial charge in [0.15, 0.2) is 0 Å². The summed E-state index contributed by atoms with van der Waals surface area (Å²) in [5.41, 5.74) is 0. The molecule has 0 saturated carbocycles. The van der Waals surface area contributed by atoms with E-state index in [9.17, 15) is 0 Å². The molecule has 0 amide bonds. The summed E-state index contributed by atoms with van der Waals surface area (Å²) in [4.78, 5) is 2.41. The number of rotatable bonds is 6. The molecule has 2 unspecified atom stereocenters. The van der Waals surface area contributed by atoms with E-state index in [2.05, 4.69) is 37.9 Å². The number of piperidine rings is 1. The number of likely N-dealkylation sites (tertiary alicyclic amines) is 1. The van der Waals surface area contributed by atoms with Crippen LogP contribution in [0.4, 0.5) is 0 Å². The van der Waals surface area contributed by atoms with Crippen LogP contribution in [0.3, 0.4) is 0 Å². The zero-order valence-corrected chi connectivity index (χ0v) is 11.9. The summed E-state index contributed by atoms with van der Waals surface area (Å²) in [6, 6.07) is 0.602. The van der Waals surface area contributed by atoms with Gasteiger partial charge in [-0.3, -0.25) is 4.90 Å². The monoisotopic (exact) mass is 242 g/mol. The van der Waals surface area contributed by atoms with Crippen molar-refractivity contribution in [3.8, 4) is 0 Å². The van der Waals surface area contributed by atoms with Gasteiger partial charge in [0.2, 0.25) is 0 Å². The molecule has 2 atom stereocenters. The van der Waals surface area contributed by atoms with Crippen molar-refractivity contribution in [2.75, 3.05) is 32.8 Å². The molecule has 1 rings (SSSR count). The first-order valence-electron chi connectivity index (χ1n) is 7.09. The third kappa shape index (κ3) is 5.36. The average molecular weight is 242 g/mol. The van der Waals surface area contributed by atoms with E-state index in [4.69, 9.17) is 5.11 Å². The summed E-state index contributed by atoms with van der Waals surface area (Å²) < 4.78 is 0. The van der Waals surface area contributed by atoms with Crippen LogP contribution in [-0.2, 0) is 0 Å². The summed E-state index contributed by atoms with van der Waals surface area (Å²) in [6.45, 7) is 13.6. The lowest BCUT2D eigenvalue weighted by Crippen LogP contribution is -2.51. The van der Waals surface area contributed by atoms with Gasteiger partial charge in [-0.25, -0.2) is 0 Å². The van der Waals surface area contributed by atoms with Crippen molar-refractivity contribution in [2.45, 2.75) is 40.2 Å². The fourth-order valence-electron chi connectivity index (χ4n) is 2.59. The maximum Gasteiger partial charge on any atom is 0.0558 e. The van der Waals surface area contributed by atoms with Crippen molar-refractivity contribution < 1.29 is 5.11 Å². The number of aliphatic hydroxyl groups excluding tert-OH is 1. The maximum atomic E-state index is 9.09. The maximum absolute atomic E-state index is 9.09. The predicted octanol–water partition coefficient (Wildman–Crippen LogP) is 1.57. The van der Waals surface area contributed by atoms with Gasteiger partial charge in [-0.05, 0) is 30.7 Å². The molecule has 0 bridgehead atoms. The van der Waals surface area contributed by atoms with E-state index in [1.165, 1.54) is 6.42 Å². The molecule has 3 heteroatoms. The molecular formula is C14H30N2O. The molecule has 0 aromatic carbocycles. The molecule has 1 aliphatic heterocycles. The third-order valence-corrected chi connectivity index (χ3v) is 3.73. The van der Waals surface area contributed by atoms with Crippen LogP contribution >= 0.6 is 0 Å². The highest BCUT2D eigenvalue weighted by molar-refractivity contribution is 4.84. The van der Waals surface area contributed by atoms with Gasteiger partial charge < -0.3 is 10.4 Å². The zero-order valence-electron chi connectivity index (χ0n) is 11.9. The standard InChI is InChI=1S/C14H30N2O/c1-11(2)8-15-14-7-13(12(3)4)9-16(10-14)5-6-17/h11-15,17H,5-10H2,1-4H3. The van der Waals surface area contributed by atoms with E-state index in [-0.39, 0.29) is 6.61 Å². The fourth-order valence-corrected chi connectivity index (χ4v) is 2.59.